The molecule has 0 atom stereocenters. The fourth-order valence-electron chi connectivity index (χ4n) is 1.07. The molecular formula is C10H13ClNO2S. The van der Waals surface area contributed by atoms with Gasteiger partial charge in [-0.2, -0.15) is 0 Å². The van der Waals surface area contributed by atoms with Crippen molar-refractivity contribution >= 4 is 27.1 Å². The smallest absolute Gasteiger partial charge is 0.153 e. The van der Waals surface area contributed by atoms with E-state index in [9.17, 15) is 8.42 Å². The molecule has 0 aliphatic rings. The van der Waals surface area contributed by atoms with E-state index in [1.807, 2.05) is 30.3 Å². The van der Waals surface area contributed by atoms with Gasteiger partial charge in [0.2, 0.25) is 0 Å². The highest BCUT2D eigenvalue weighted by Gasteiger charge is 2.09. The lowest BCUT2D eigenvalue weighted by molar-refractivity contribution is 0.595. The predicted molar refractivity (Wildman–Crippen MR) is 62.5 cm³/mol. The number of nitrogens with zero attached hydrogens (tertiary/aromatic N) is 1. The average molecular weight is 247 g/mol. The van der Waals surface area contributed by atoms with E-state index in [1.54, 1.807) is 0 Å². The van der Waals surface area contributed by atoms with Gasteiger partial charge in [0, 0.05) is 5.88 Å². The molecule has 1 aromatic carbocycles. The normalized spacial score (nSPS) is 11.3. The molecule has 0 aliphatic carbocycles. The third kappa shape index (κ3) is 5.04. The minimum Gasteiger partial charge on any atom is -0.284 e. The SMILES string of the molecule is O=S(=O)(CCCl)CC[N]c1ccccc1. The van der Waals surface area contributed by atoms with Gasteiger partial charge in [-0.25, -0.2) is 8.42 Å². The van der Waals surface area contributed by atoms with Crippen LogP contribution in [0.15, 0.2) is 30.3 Å². The number of sulfone groups is 1. The standard InChI is InChI=1S/C10H13ClNO2S/c11-6-8-15(13,14)9-7-12-10-4-2-1-3-5-10/h1-5H,6-9H2. The van der Waals surface area contributed by atoms with Crippen LogP contribution in [-0.2, 0) is 9.84 Å². The lowest BCUT2D eigenvalue weighted by Gasteiger charge is -2.03. The average Bonchev–Trinajstić information content (AvgIpc) is 2.19. The molecule has 0 N–H and O–H groups in total. The van der Waals surface area contributed by atoms with Gasteiger partial charge in [0.1, 0.15) is 0 Å². The Labute approximate surface area is 95.4 Å². The molecule has 0 saturated heterocycles. The number of benzene rings is 1. The largest absolute Gasteiger partial charge is 0.284 e. The van der Waals surface area contributed by atoms with Gasteiger partial charge in [-0.1, -0.05) is 18.2 Å². The molecular weight excluding hydrogens is 234 g/mol. The van der Waals surface area contributed by atoms with Crippen molar-refractivity contribution in [3.05, 3.63) is 30.3 Å². The maximum absolute atomic E-state index is 11.3. The highest BCUT2D eigenvalue weighted by molar-refractivity contribution is 7.91. The van der Waals surface area contributed by atoms with Crippen LogP contribution in [0.5, 0.6) is 0 Å². The molecule has 1 radical (unpaired) electrons. The van der Waals surface area contributed by atoms with E-state index in [2.05, 4.69) is 5.32 Å². The van der Waals surface area contributed by atoms with Gasteiger partial charge < -0.3 is 0 Å². The third-order valence-electron chi connectivity index (χ3n) is 1.84. The Kier molecular flexibility index (Phi) is 4.91. The second kappa shape index (κ2) is 5.98. The topological polar surface area (TPSA) is 48.2 Å². The van der Waals surface area contributed by atoms with E-state index in [0.29, 0.717) is 6.54 Å². The molecule has 0 aliphatic heterocycles. The van der Waals surface area contributed by atoms with Gasteiger partial charge in [-0.15, -0.1) is 11.6 Å². The summed E-state index contributed by atoms with van der Waals surface area (Å²) < 4.78 is 22.6. The molecule has 15 heavy (non-hydrogen) atoms. The second-order valence-corrected chi connectivity index (χ2v) is 5.74. The highest BCUT2D eigenvalue weighted by atomic mass is 35.5. The molecule has 0 aromatic heterocycles. The van der Waals surface area contributed by atoms with Gasteiger partial charge in [0.15, 0.2) is 9.84 Å². The lowest BCUT2D eigenvalue weighted by atomic mass is 10.3. The molecule has 0 amide bonds. The summed E-state index contributed by atoms with van der Waals surface area (Å²) in [7, 11) is -3.03. The van der Waals surface area contributed by atoms with Gasteiger partial charge in [0.25, 0.3) is 0 Å². The molecule has 3 nitrogen and oxygen atoms in total. The van der Waals surface area contributed by atoms with Crippen LogP contribution in [0.4, 0.5) is 5.69 Å². The zero-order valence-corrected chi connectivity index (χ0v) is 9.84. The first-order valence-electron chi connectivity index (χ1n) is 4.63. The maximum atomic E-state index is 11.3. The van der Waals surface area contributed by atoms with Crippen molar-refractivity contribution in [2.45, 2.75) is 0 Å². The first-order chi connectivity index (χ1) is 7.14. The Balaban J connectivity index is 2.34. The number of rotatable bonds is 6. The van der Waals surface area contributed by atoms with Crippen LogP contribution < -0.4 is 5.32 Å². The van der Waals surface area contributed by atoms with E-state index in [0.717, 1.165) is 5.69 Å². The number of alkyl halides is 1. The summed E-state index contributed by atoms with van der Waals surface area (Å²) in [5.41, 5.74) is 0.804. The van der Waals surface area contributed by atoms with Crippen LogP contribution in [0, 0.1) is 0 Å². The summed E-state index contributed by atoms with van der Waals surface area (Å²) in [4.78, 5) is 0. The summed E-state index contributed by atoms with van der Waals surface area (Å²) in [6.45, 7) is 0.295. The molecule has 5 heteroatoms. The zero-order chi connectivity index (χ0) is 11.1. The maximum Gasteiger partial charge on any atom is 0.153 e. The monoisotopic (exact) mass is 246 g/mol. The minimum absolute atomic E-state index is 0.0267. The van der Waals surface area contributed by atoms with E-state index >= 15 is 0 Å². The Hall–Kier alpha value is -0.740. The van der Waals surface area contributed by atoms with E-state index in [1.165, 1.54) is 0 Å². The second-order valence-electron chi connectivity index (χ2n) is 3.06. The molecule has 1 rings (SSSR count). The van der Waals surface area contributed by atoms with Crippen molar-refractivity contribution in [3.63, 3.8) is 0 Å². The van der Waals surface area contributed by atoms with Gasteiger partial charge in [-0.05, 0) is 12.1 Å². The number of hydrogen-bond donors (Lipinski definition) is 0. The highest BCUT2D eigenvalue weighted by Crippen LogP contribution is 2.04. The van der Waals surface area contributed by atoms with Crippen molar-refractivity contribution in [3.8, 4) is 0 Å². The van der Waals surface area contributed by atoms with Crippen molar-refractivity contribution in [1.29, 1.82) is 0 Å². The number of halogens is 1. The molecule has 83 valence electrons. The molecule has 0 saturated carbocycles. The summed E-state index contributed by atoms with van der Waals surface area (Å²) in [6.07, 6.45) is 0. The summed E-state index contributed by atoms with van der Waals surface area (Å²) >= 11 is 5.37. The Morgan fingerprint density at radius 2 is 1.80 bits per heavy atom. The van der Waals surface area contributed by atoms with Crippen molar-refractivity contribution < 1.29 is 8.42 Å². The van der Waals surface area contributed by atoms with E-state index in [4.69, 9.17) is 11.6 Å². The van der Waals surface area contributed by atoms with Crippen LogP contribution in [0.3, 0.4) is 0 Å². The van der Waals surface area contributed by atoms with Crippen LogP contribution in [0.25, 0.3) is 0 Å². The summed E-state index contributed by atoms with van der Waals surface area (Å²) in [5.74, 6) is 0.237. The molecule has 0 unspecified atom stereocenters. The van der Waals surface area contributed by atoms with Crippen molar-refractivity contribution in [1.82, 2.24) is 5.32 Å². The Bertz CT molecular complexity index is 378. The Morgan fingerprint density at radius 1 is 1.13 bits per heavy atom. The first kappa shape index (κ1) is 12.3. The summed E-state index contributed by atoms with van der Waals surface area (Å²) in [5, 5.41) is 4.15. The van der Waals surface area contributed by atoms with Gasteiger partial charge >= 0.3 is 0 Å². The molecule has 1 aromatic rings. The van der Waals surface area contributed by atoms with Crippen LogP contribution in [0.2, 0.25) is 0 Å². The van der Waals surface area contributed by atoms with Crippen molar-refractivity contribution in [2.75, 3.05) is 23.9 Å². The van der Waals surface area contributed by atoms with Gasteiger partial charge in [-0.3, -0.25) is 5.32 Å². The first-order valence-corrected chi connectivity index (χ1v) is 6.98. The molecule has 0 bridgehead atoms. The van der Waals surface area contributed by atoms with Crippen LogP contribution in [-0.4, -0.2) is 32.3 Å². The fourth-order valence-corrected chi connectivity index (χ4v) is 2.58. The zero-order valence-electron chi connectivity index (χ0n) is 8.27. The molecule has 0 spiro atoms. The molecule has 0 heterocycles. The Morgan fingerprint density at radius 3 is 2.40 bits per heavy atom. The van der Waals surface area contributed by atoms with Gasteiger partial charge in [0.05, 0.1) is 23.7 Å². The summed E-state index contributed by atoms with van der Waals surface area (Å²) in [6, 6.07) is 9.31. The quantitative estimate of drug-likeness (QED) is 0.716. The van der Waals surface area contributed by atoms with Crippen molar-refractivity contribution in [2.24, 2.45) is 0 Å². The minimum atomic E-state index is -3.03. The third-order valence-corrected chi connectivity index (χ3v) is 3.88. The molecule has 0 fully saturated rings. The number of hydrogen-bond acceptors (Lipinski definition) is 2. The lowest BCUT2D eigenvalue weighted by Crippen LogP contribution is -2.18. The van der Waals surface area contributed by atoms with E-state index in [-0.39, 0.29) is 17.4 Å². The fraction of sp³-hybridized carbons (Fsp3) is 0.400. The van der Waals surface area contributed by atoms with Crippen LogP contribution in [0.1, 0.15) is 0 Å². The van der Waals surface area contributed by atoms with E-state index < -0.39 is 9.84 Å². The van der Waals surface area contributed by atoms with Crippen LogP contribution >= 0.6 is 11.6 Å². The predicted octanol–water partition coefficient (Wildman–Crippen LogP) is 1.58. The number of para-hydroxylation sites is 1.